The van der Waals surface area contributed by atoms with Gasteiger partial charge in [-0.05, 0) is 48.5 Å². The Morgan fingerprint density at radius 3 is 1.63 bits per heavy atom. The lowest BCUT2D eigenvalue weighted by molar-refractivity contribution is -0.295. The molecule has 22 nitrogen and oxygen atoms in total. The molecule has 0 saturated carbocycles. The van der Waals surface area contributed by atoms with Crippen LogP contribution in [0.5, 0.6) is 28.7 Å². The number of aliphatic hydroxyl groups excluding tert-OH is 11. The van der Waals surface area contributed by atoms with Crippen molar-refractivity contribution in [3.63, 3.8) is 0 Å². The molecular formula is C40H47O22+. The fraction of sp³-hybridized carbons (Fsp3) is 0.475. The standard InChI is InChI=1S/C40H46O22/c41-12-24-27(45)30(48)33(51)38(60-24)56-18-7-3-16(4-8-18)37(54)55-14-26-29(47)32(50)34(52)39(62-26)57-19-9-21(44)20-11-23(59-40-35(53)31(49)28(46)25(13-42)61-40)36(58-22(20)10-19)15-1-5-17(43)6-2-15/h1-11,24-36,38-53H,12-14H2/p+1. The van der Waals surface area contributed by atoms with E-state index >= 15 is 0 Å². The summed E-state index contributed by atoms with van der Waals surface area (Å²) in [5.74, 6) is -1.41. The molecule has 7 rings (SSSR count). The van der Waals surface area contributed by atoms with Crippen LogP contribution in [-0.4, -0.2) is 189 Å². The molecule has 4 heterocycles. The maximum atomic E-state index is 12.9. The first kappa shape index (κ1) is 45.1. The zero-order chi connectivity index (χ0) is 44.6. The van der Waals surface area contributed by atoms with Gasteiger partial charge >= 0.3 is 5.97 Å². The topological polar surface area (TPSA) is 357 Å². The molecule has 3 aromatic rings. The quantitative estimate of drug-likeness (QED) is 0.0619. The zero-order valence-corrected chi connectivity index (χ0v) is 32.2. The maximum absolute atomic E-state index is 12.9. The monoisotopic (exact) mass is 879 g/mol. The fourth-order valence-electron chi connectivity index (χ4n) is 7.13. The van der Waals surface area contributed by atoms with Gasteiger partial charge in [-0.2, -0.15) is 0 Å². The third-order valence-corrected chi connectivity index (χ3v) is 10.7. The first-order valence-corrected chi connectivity index (χ1v) is 19.2. The van der Waals surface area contributed by atoms with Gasteiger partial charge in [0.2, 0.25) is 18.9 Å². The molecule has 0 bridgehead atoms. The van der Waals surface area contributed by atoms with Gasteiger partial charge in [0.25, 0.3) is 11.9 Å². The SMILES string of the molecule is O=C(OCC1OC(Oc2cc(O)c3c(c2)[OH+]C(c2ccc(O)cc2)C(OC2OC(CO)C(O)C(O)C2O)=C3)C(O)C(O)C1O)c1ccc(OC2OC(CO)C(O)C(O)C2O)cc1. The van der Waals surface area contributed by atoms with E-state index in [-0.39, 0.29) is 39.9 Å². The summed E-state index contributed by atoms with van der Waals surface area (Å²) in [7, 11) is 0. The minimum atomic E-state index is -1.86. The summed E-state index contributed by atoms with van der Waals surface area (Å²) in [5.41, 5.74) is 0.498. The van der Waals surface area contributed by atoms with Gasteiger partial charge < -0.3 is 104 Å². The van der Waals surface area contributed by atoms with E-state index < -0.39 is 130 Å². The minimum absolute atomic E-state index is 0.0143. The predicted octanol–water partition coefficient (Wildman–Crippen LogP) is -3.53. The molecular weight excluding hydrogens is 832 g/mol. The Labute approximate surface area is 350 Å². The lowest BCUT2D eigenvalue weighted by atomic mass is 9.98. The van der Waals surface area contributed by atoms with E-state index in [4.69, 9.17) is 33.2 Å². The van der Waals surface area contributed by atoms with Crippen LogP contribution in [-0.2, 0) is 23.7 Å². The minimum Gasteiger partial charge on any atom is -0.571 e. The molecule has 4 aliphatic rings. The molecule has 3 aromatic carbocycles. The van der Waals surface area contributed by atoms with Crippen LogP contribution in [0.1, 0.15) is 27.6 Å². The molecule has 3 fully saturated rings. The molecule has 0 aliphatic carbocycles. The van der Waals surface area contributed by atoms with E-state index in [2.05, 4.69) is 4.74 Å². The number of esters is 1. The van der Waals surface area contributed by atoms with Gasteiger partial charge in [0.1, 0.15) is 108 Å². The highest BCUT2D eigenvalue weighted by Gasteiger charge is 2.48. The average molecular weight is 880 g/mol. The third-order valence-electron chi connectivity index (χ3n) is 10.7. The Balaban J connectivity index is 1.03. The lowest BCUT2D eigenvalue weighted by Gasteiger charge is -2.40. The fourth-order valence-corrected chi connectivity index (χ4v) is 7.13. The highest BCUT2D eigenvalue weighted by Crippen LogP contribution is 2.46. The van der Waals surface area contributed by atoms with Crippen LogP contribution in [0.2, 0.25) is 0 Å². The highest BCUT2D eigenvalue weighted by molar-refractivity contribution is 5.89. The zero-order valence-electron chi connectivity index (χ0n) is 32.2. The van der Waals surface area contributed by atoms with Crippen LogP contribution in [0.3, 0.4) is 0 Å². The second kappa shape index (κ2) is 18.8. The number of benzene rings is 3. The van der Waals surface area contributed by atoms with Crippen LogP contribution in [0, 0.1) is 0 Å². The molecule has 0 spiro atoms. The van der Waals surface area contributed by atoms with Crippen molar-refractivity contribution in [3.8, 4) is 28.7 Å². The van der Waals surface area contributed by atoms with Crippen LogP contribution < -0.4 is 9.47 Å². The van der Waals surface area contributed by atoms with Crippen molar-refractivity contribution in [1.29, 1.82) is 0 Å². The molecule has 338 valence electrons. The second-order valence-corrected chi connectivity index (χ2v) is 14.9. The van der Waals surface area contributed by atoms with Crippen molar-refractivity contribution in [2.24, 2.45) is 0 Å². The van der Waals surface area contributed by atoms with Crippen molar-refractivity contribution in [3.05, 3.63) is 83.1 Å². The number of carbonyl (C=O) groups is 1. The van der Waals surface area contributed by atoms with Gasteiger partial charge in [0.15, 0.2) is 5.76 Å². The van der Waals surface area contributed by atoms with E-state index in [0.717, 1.165) is 6.07 Å². The van der Waals surface area contributed by atoms with Crippen molar-refractivity contribution in [2.45, 2.75) is 98.2 Å². The number of carbonyl (C=O) groups excluding carboxylic acids is 1. The Morgan fingerprint density at radius 2 is 1.08 bits per heavy atom. The van der Waals surface area contributed by atoms with E-state index in [1.807, 2.05) is 0 Å². The molecule has 0 aromatic heterocycles. The van der Waals surface area contributed by atoms with Crippen LogP contribution in [0.25, 0.3) is 6.08 Å². The van der Waals surface area contributed by atoms with Gasteiger partial charge in [-0.1, -0.05) is 0 Å². The van der Waals surface area contributed by atoms with Crippen molar-refractivity contribution in [1.82, 2.24) is 0 Å². The Kier molecular flexibility index (Phi) is 13.7. The molecule has 16 atom stereocenters. The molecule has 22 heteroatoms. The second-order valence-electron chi connectivity index (χ2n) is 14.9. The maximum Gasteiger partial charge on any atom is 0.338 e. The number of aromatic hydroxyl groups is 3. The van der Waals surface area contributed by atoms with E-state index in [0.29, 0.717) is 5.56 Å². The molecule has 4 aliphatic heterocycles. The van der Waals surface area contributed by atoms with Gasteiger partial charge in [-0.3, -0.25) is 0 Å². The van der Waals surface area contributed by atoms with Crippen LogP contribution >= 0.6 is 0 Å². The summed E-state index contributed by atoms with van der Waals surface area (Å²) in [6.07, 6.45) is -24.0. The Morgan fingerprint density at radius 1 is 0.581 bits per heavy atom. The van der Waals surface area contributed by atoms with Gasteiger partial charge in [-0.25, -0.2) is 4.79 Å². The first-order valence-electron chi connectivity index (χ1n) is 19.2. The van der Waals surface area contributed by atoms with Crippen molar-refractivity contribution in [2.75, 3.05) is 19.8 Å². The van der Waals surface area contributed by atoms with Crippen molar-refractivity contribution >= 4 is 12.0 Å². The van der Waals surface area contributed by atoms with Crippen LogP contribution in [0.4, 0.5) is 0 Å². The smallest absolute Gasteiger partial charge is 0.338 e. The number of phenolic OH excluding ortho intramolecular Hbond substituents is 2. The summed E-state index contributed by atoms with van der Waals surface area (Å²) >= 11 is 0. The summed E-state index contributed by atoms with van der Waals surface area (Å²) < 4.78 is 43.8. The summed E-state index contributed by atoms with van der Waals surface area (Å²) in [6.45, 7) is -2.02. The van der Waals surface area contributed by atoms with Gasteiger partial charge in [0, 0.05) is 12.1 Å². The Bertz CT molecular complexity index is 2030. The first-order chi connectivity index (χ1) is 29.6. The number of ether oxygens (including phenoxy) is 8. The van der Waals surface area contributed by atoms with Gasteiger partial charge in [0.05, 0.1) is 30.4 Å². The highest BCUT2D eigenvalue weighted by atomic mass is 16.7. The van der Waals surface area contributed by atoms with E-state index in [9.17, 15) is 71.2 Å². The molecule has 0 radical (unpaired) electrons. The van der Waals surface area contributed by atoms with Gasteiger partial charge in [-0.15, -0.1) is 0 Å². The molecule has 14 N–H and O–H groups in total. The number of hydrogen-bond donors (Lipinski definition) is 13. The normalized spacial score (nSPS) is 35.8. The number of fused-ring (bicyclic) bond motifs is 1. The number of phenols is 2. The number of hydrogen-bond acceptors (Lipinski definition) is 21. The van der Waals surface area contributed by atoms with E-state index in [1.165, 1.54) is 60.7 Å². The molecule has 3 saturated heterocycles. The predicted molar refractivity (Wildman–Crippen MR) is 202 cm³/mol. The van der Waals surface area contributed by atoms with E-state index in [1.54, 1.807) is 0 Å². The Hall–Kier alpha value is -4.89. The molecule has 62 heavy (non-hydrogen) atoms. The molecule has 0 amide bonds. The summed E-state index contributed by atoms with van der Waals surface area (Å²) in [6, 6.07) is 13.4. The number of rotatable bonds is 12. The lowest BCUT2D eigenvalue weighted by Crippen LogP contribution is -2.60. The van der Waals surface area contributed by atoms with Crippen molar-refractivity contribution < 1.29 is 109 Å². The number of aliphatic hydroxyl groups is 12. The summed E-state index contributed by atoms with van der Waals surface area (Å²) in [5, 5.41) is 134. The largest absolute Gasteiger partial charge is 0.571 e. The third kappa shape index (κ3) is 9.25. The molecule has 16 unspecified atom stereocenters. The summed E-state index contributed by atoms with van der Waals surface area (Å²) in [4.78, 5) is 12.9. The average Bonchev–Trinajstić information content (AvgIpc) is 3.26. The van der Waals surface area contributed by atoms with Crippen LogP contribution in [0.15, 0.2) is 66.4 Å².